The molecular formula is C16H18N2O5S2. The normalized spacial score (nSPS) is 12.4. The zero-order valence-corrected chi connectivity index (χ0v) is 15.3. The molecular weight excluding hydrogens is 364 g/mol. The van der Waals surface area contributed by atoms with Gasteiger partial charge in [-0.1, -0.05) is 19.1 Å². The molecule has 0 unspecified atom stereocenters. The fraction of sp³-hybridized carbons (Fsp3) is 0.250. The van der Waals surface area contributed by atoms with E-state index in [4.69, 9.17) is 5.11 Å². The zero-order valence-electron chi connectivity index (χ0n) is 13.6. The second kappa shape index (κ2) is 7.66. The summed E-state index contributed by atoms with van der Waals surface area (Å²) < 4.78 is 27.2. The molecule has 1 heterocycles. The minimum absolute atomic E-state index is 0.0485. The average molecular weight is 382 g/mol. The SMILES string of the molecule is CC[C@H](C)NC(=O)c1ccccc1NS(=O)(=O)c1cc(C(=O)O)cs1. The van der Waals surface area contributed by atoms with Gasteiger partial charge in [-0.05, 0) is 31.5 Å². The second-order valence-electron chi connectivity index (χ2n) is 5.39. The van der Waals surface area contributed by atoms with Gasteiger partial charge in [0.2, 0.25) is 0 Å². The average Bonchev–Trinajstić information content (AvgIpc) is 3.06. The number of para-hydroxylation sites is 1. The predicted molar refractivity (Wildman–Crippen MR) is 95.7 cm³/mol. The molecule has 1 atom stereocenters. The van der Waals surface area contributed by atoms with Gasteiger partial charge in [-0.15, -0.1) is 11.3 Å². The van der Waals surface area contributed by atoms with E-state index in [2.05, 4.69) is 10.0 Å². The van der Waals surface area contributed by atoms with Crippen molar-refractivity contribution in [2.75, 3.05) is 4.72 Å². The van der Waals surface area contributed by atoms with E-state index in [1.807, 2.05) is 13.8 Å². The van der Waals surface area contributed by atoms with Gasteiger partial charge in [0.15, 0.2) is 0 Å². The molecule has 1 aromatic carbocycles. The Morgan fingerprint density at radius 3 is 2.56 bits per heavy atom. The van der Waals surface area contributed by atoms with Crippen LogP contribution in [0.2, 0.25) is 0 Å². The summed E-state index contributed by atoms with van der Waals surface area (Å²) in [6.45, 7) is 3.78. The van der Waals surface area contributed by atoms with Crippen LogP contribution in [0.4, 0.5) is 5.69 Å². The lowest BCUT2D eigenvalue weighted by Crippen LogP contribution is -2.32. The highest BCUT2D eigenvalue weighted by molar-refractivity contribution is 7.94. The Labute approximate surface area is 149 Å². The van der Waals surface area contributed by atoms with Gasteiger partial charge in [-0.2, -0.15) is 0 Å². The predicted octanol–water partition coefficient (Wildman–Crippen LogP) is 2.78. The van der Waals surface area contributed by atoms with E-state index in [1.54, 1.807) is 12.1 Å². The van der Waals surface area contributed by atoms with Crippen molar-refractivity contribution < 1.29 is 23.1 Å². The van der Waals surface area contributed by atoms with Crippen molar-refractivity contribution in [2.45, 2.75) is 30.5 Å². The molecule has 1 aromatic heterocycles. The van der Waals surface area contributed by atoms with E-state index < -0.39 is 16.0 Å². The van der Waals surface area contributed by atoms with Crippen molar-refractivity contribution >= 4 is 38.9 Å². The van der Waals surface area contributed by atoms with Crippen LogP contribution in [0.5, 0.6) is 0 Å². The maximum atomic E-state index is 12.5. The van der Waals surface area contributed by atoms with Gasteiger partial charge >= 0.3 is 5.97 Å². The van der Waals surface area contributed by atoms with Crippen molar-refractivity contribution in [3.05, 3.63) is 46.8 Å². The topological polar surface area (TPSA) is 113 Å². The minimum Gasteiger partial charge on any atom is -0.478 e. The first-order valence-electron chi connectivity index (χ1n) is 7.49. The van der Waals surface area contributed by atoms with Crippen molar-refractivity contribution in [3.8, 4) is 0 Å². The zero-order chi connectivity index (χ0) is 18.6. The van der Waals surface area contributed by atoms with Crippen molar-refractivity contribution in [1.82, 2.24) is 5.32 Å². The largest absolute Gasteiger partial charge is 0.478 e. The maximum absolute atomic E-state index is 12.5. The molecule has 0 radical (unpaired) electrons. The highest BCUT2D eigenvalue weighted by atomic mass is 32.2. The Morgan fingerprint density at radius 2 is 1.96 bits per heavy atom. The number of amides is 1. The molecule has 0 fully saturated rings. The molecule has 0 saturated carbocycles. The summed E-state index contributed by atoms with van der Waals surface area (Å²) in [5.41, 5.74) is 0.225. The molecule has 9 heteroatoms. The number of benzene rings is 1. The van der Waals surface area contributed by atoms with Crippen LogP contribution in [0.3, 0.4) is 0 Å². The first-order chi connectivity index (χ1) is 11.7. The smallest absolute Gasteiger partial charge is 0.336 e. The van der Waals surface area contributed by atoms with Gasteiger partial charge in [0.05, 0.1) is 16.8 Å². The van der Waals surface area contributed by atoms with E-state index >= 15 is 0 Å². The molecule has 25 heavy (non-hydrogen) atoms. The lowest BCUT2D eigenvalue weighted by atomic mass is 10.1. The molecule has 0 spiro atoms. The van der Waals surface area contributed by atoms with E-state index in [0.29, 0.717) is 0 Å². The summed E-state index contributed by atoms with van der Waals surface area (Å²) in [5, 5.41) is 12.9. The Morgan fingerprint density at radius 1 is 1.28 bits per heavy atom. The third-order valence-corrected chi connectivity index (χ3v) is 6.30. The van der Waals surface area contributed by atoms with E-state index in [-0.39, 0.29) is 33.0 Å². The summed E-state index contributed by atoms with van der Waals surface area (Å²) in [4.78, 5) is 23.2. The number of anilines is 1. The molecule has 1 amide bonds. The Bertz CT molecular complexity index is 889. The molecule has 0 aliphatic heterocycles. The third-order valence-electron chi connectivity index (χ3n) is 3.49. The Balaban J connectivity index is 2.30. The van der Waals surface area contributed by atoms with E-state index in [1.165, 1.54) is 17.5 Å². The van der Waals surface area contributed by atoms with Crippen molar-refractivity contribution in [2.24, 2.45) is 0 Å². The van der Waals surface area contributed by atoms with Crippen LogP contribution in [-0.2, 0) is 10.0 Å². The number of carbonyl (C=O) groups excluding carboxylic acids is 1. The molecule has 134 valence electrons. The first kappa shape index (κ1) is 18.9. The Kier molecular flexibility index (Phi) is 5.81. The third kappa shape index (κ3) is 4.58. The number of nitrogens with one attached hydrogen (secondary N) is 2. The van der Waals surface area contributed by atoms with Gasteiger partial charge in [0.25, 0.3) is 15.9 Å². The fourth-order valence-corrected chi connectivity index (χ4v) is 4.17. The van der Waals surface area contributed by atoms with E-state index in [9.17, 15) is 18.0 Å². The van der Waals surface area contributed by atoms with Gasteiger partial charge in [0.1, 0.15) is 4.21 Å². The van der Waals surface area contributed by atoms with Gasteiger partial charge in [0, 0.05) is 11.4 Å². The summed E-state index contributed by atoms with van der Waals surface area (Å²) >= 11 is 0.801. The van der Waals surface area contributed by atoms with Crippen LogP contribution in [-0.4, -0.2) is 31.4 Å². The second-order valence-corrected chi connectivity index (χ2v) is 8.21. The molecule has 0 aliphatic carbocycles. The lowest BCUT2D eigenvalue weighted by molar-refractivity contribution is 0.0697. The number of aromatic carboxylic acids is 1. The van der Waals surface area contributed by atoms with Gasteiger partial charge in [-0.3, -0.25) is 9.52 Å². The number of carboxylic acids is 1. The van der Waals surface area contributed by atoms with Gasteiger partial charge in [-0.25, -0.2) is 13.2 Å². The molecule has 3 N–H and O–H groups in total. The molecule has 0 saturated heterocycles. The molecule has 2 aromatic rings. The number of thiophene rings is 1. The van der Waals surface area contributed by atoms with Crippen molar-refractivity contribution in [1.29, 1.82) is 0 Å². The number of carbonyl (C=O) groups is 2. The molecule has 0 bridgehead atoms. The highest BCUT2D eigenvalue weighted by Crippen LogP contribution is 2.25. The van der Waals surface area contributed by atoms with Crippen LogP contribution < -0.4 is 10.0 Å². The van der Waals surface area contributed by atoms with E-state index in [0.717, 1.165) is 23.8 Å². The molecule has 0 aliphatic rings. The number of sulfonamides is 1. The maximum Gasteiger partial charge on any atom is 0.336 e. The summed E-state index contributed by atoms with van der Waals surface area (Å²) in [6.07, 6.45) is 0.743. The number of hydrogen-bond donors (Lipinski definition) is 3. The molecule has 7 nitrogen and oxygen atoms in total. The number of rotatable bonds is 7. The number of carboxylic acid groups (broad SMARTS) is 1. The summed E-state index contributed by atoms with van der Waals surface area (Å²) in [6, 6.07) is 7.28. The van der Waals surface area contributed by atoms with Crippen LogP contribution in [0.15, 0.2) is 39.9 Å². The van der Waals surface area contributed by atoms with Crippen LogP contribution in [0.1, 0.15) is 41.0 Å². The first-order valence-corrected chi connectivity index (χ1v) is 9.85. The fourth-order valence-electron chi connectivity index (χ4n) is 1.94. The minimum atomic E-state index is -3.99. The lowest BCUT2D eigenvalue weighted by Gasteiger charge is -2.15. The number of hydrogen-bond acceptors (Lipinski definition) is 5. The van der Waals surface area contributed by atoms with Crippen molar-refractivity contribution in [3.63, 3.8) is 0 Å². The quantitative estimate of drug-likeness (QED) is 0.681. The van der Waals surface area contributed by atoms with Crippen LogP contribution in [0, 0.1) is 0 Å². The molecule has 2 rings (SSSR count). The van der Waals surface area contributed by atoms with Crippen LogP contribution in [0.25, 0.3) is 0 Å². The highest BCUT2D eigenvalue weighted by Gasteiger charge is 2.22. The summed E-state index contributed by atoms with van der Waals surface area (Å²) in [7, 11) is -3.99. The summed E-state index contributed by atoms with van der Waals surface area (Å²) in [5.74, 6) is -1.59. The Hall–Kier alpha value is -2.39. The van der Waals surface area contributed by atoms with Gasteiger partial charge < -0.3 is 10.4 Å². The monoisotopic (exact) mass is 382 g/mol. The van der Waals surface area contributed by atoms with Crippen LogP contribution >= 0.6 is 11.3 Å². The standard InChI is InChI=1S/C16H18N2O5S2/c1-3-10(2)17-15(19)12-6-4-5-7-13(12)18-25(22,23)14-8-11(9-24-14)16(20)21/h4-10,18H,3H2,1-2H3,(H,17,19)(H,20,21)/t10-/m0/s1.